The van der Waals surface area contributed by atoms with E-state index < -0.39 is 45.9 Å². The molecular formula is C17H8F6. The fourth-order valence-electron chi connectivity index (χ4n) is 2.51. The Morgan fingerprint density at radius 3 is 1.83 bits per heavy atom. The van der Waals surface area contributed by atoms with E-state index in [-0.39, 0.29) is 10.9 Å². The standard InChI is InChI=1S/C17H8F6/c1-7-2-10(18)14(11(19)3-7)8-4-9-6-13(21)16(22)17(23)15(9)12(20)5-8/h2-6H,1H3. The third kappa shape index (κ3) is 2.44. The van der Waals surface area contributed by atoms with Crippen molar-refractivity contribution in [1.82, 2.24) is 0 Å². The molecule has 0 aliphatic heterocycles. The Kier molecular flexibility index (Phi) is 3.55. The van der Waals surface area contributed by atoms with Crippen molar-refractivity contribution in [2.24, 2.45) is 0 Å². The second-order valence-electron chi connectivity index (χ2n) is 5.15. The van der Waals surface area contributed by atoms with Crippen LogP contribution in [0, 0.1) is 41.8 Å². The number of hydrogen-bond acceptors (Lipinski definition) is 0. The van der Waals surface area contributed by atoms with E-state index in [0.717, 1.165) is 18.2 Å². The van der Waals surface area contributed by atoms with E-state index in [1.807, 2.05) is 0 Å². The van der Waals surface area contributed by atoms with Crippen LogP contribution in [-0.2, 0) is 0 Å². The molecule has 0 saturated carbocycles. The number of aryl methyl sites for hydroxylation is 1. The van der Waals surface area contributed by atoms with Gasteiger partial charge in [-0.25, -0.2) is 26.3 Å². The fourth-order valence-corrected chi connectivity index (χ4v) is 2.51. The van der Waals surface area contributed by atoms with Gasteiger partial charge in [-0.15, -0.1) is 0 Å². The normalized spacial score (nSPS) is 11.3. The van der Waals surface area contributed by atoms with Crippen molar-refractivity contribution < 1.29 is 26.3 Å². The SMILES string of the molecule is Cc1cc(F)c(-c2cc(F)c3c(F)c(F)c(F)cc3c2)c(F)c1. The van der Waals surface area contributed by atoms with Gasteiger partial charge in [-0.3, -0.25) is 0 Å². The minimum atomic E-state index is -1.81. The van der Waals surface area contributed by atoms with Gasteiger partial charge in [-0.05, 0) is 53.8 Å². The molecule has 0 atom stereocenters. The van der Waals surface area contributed by atoms with Crippen molar-refractivity contribution in [1.29, 1.82) is 0 Å². The lowest BCUT2D eigenvalue weighted by atomic mass is 9.98. The average Bonchev–Trinajstić information content (AvgIpc) is 2.43. The molecule has 0 nitrogen and oxygen atoms in total. The third-order valence-corrected chi connectivity index (χ3v) is 3.50. The number of hydrogen-bond donors (Lipinski definition) is 0. The Hall–Kier alpha value is -2.50. The summed E-state index contributed by atoms with van der Waals surface area (Å²) in [5.41, 5.74) is -0.443. The Morgan fingerprint density at radius 1 is 0.609 bits per heavy atom. The highest BCUT2D eigenvalue weighted by atomic mass is 19.2. The van der Waals surface area contributed by atoms with Gasteiger partial charge >= 0.3 is 0 Å². The van der Waals surface area contributed by atoms with Crippen molar-refractivity contribution >= 4 is 10.8 Å². The molecule has 3 aromatic carbocycles. The van der Waals surface area contributed by atoms with Crippen LogP contribution in [0.5, 0.6) is 0 Å². The molecule has 0 aliphatic carbocycles. The van der Waals surface area contributed by atoms with E-state index in [2.05, 4.69) is 0 Å². The summed E-state index contributed by atoms with van der Waals surface area (Å²) >= 11 is 0. The predicted octanol–water partition coefficient (Wildman–Crippen LogP) is 5.65. The molecule has 0 aliphatic rings. The first-order valence-corrected chi connectivity index (χ1v) is 6.52. The van der Waals surface area contributed by atoms with Crippen molar-refractivity contribution in [2.75, 3.05) is 0 Å². The molecule has 3 aromatic rings. The summed E-state index contributed by atoms with van der Waals surface area (Å²) in [5.74, 6) is -8.14. The van der Waals surface area contributed by atoms with Crippen LogP contribution in [0.2, 0.25) is 0 Å². The first-order chi connectivity index (χ1) is 10.8. The third-order valence-electron chi connectivity index (χ3n) is 3.50. The molecule has 23 heavy (non-hydrogen) atoms. The molecule has 0 bridgehead atoms. The van der Waals surface area contributed by atoms with Crippen LogP contribution in [0.25, 0.3) is 21.9 Å². The lowest BCUT2D eigenvalue weighted by molar-refractivity contribution is 0.451. The minimum absolute atomic E-state index is 0.240. The monoisotopic (exact) mass is 326 g/mol. The highest BCUT2D eigenvalue weighted by Gasteiger charge is 2.20. The molecule has 0 aromatic heterocycles. The summed E-state index contributed by atoms with van der Waals surface area (Å²) in [6.45, 7) is 1.48. The Balaban J connectivity index is 2.36. The largest absolute Gasteiger partial charge is 0.206 e. The second-order valence-corrected chi connectivity index (χ2v) is 5.15. The van der Waals surface area contributed by atoms with Crippen molar-refractivity contribution in [3.8, 4) is 11.1 Å². The summed E-state index contributed by atoms with van der Waals surface area (Å²) in [7, 11) is 0. The number of rotatable bonds is 1. The van der Waals surface area contributed by atoms with E-state index >= 15 is 0 Å². The summed E-state index contributed by atoms with van der Waals surface area (Å²) in [6, 6.07) is 4.35. The number of fused-ring (bicyclic) bond motifs is 1. The van der Waals surface area contributed by atoms with Gasteiger partial charge in [-0.2, -0.15) is 0 Å². The Labute approximate surface area is 127 Å². The molecule has 0 spiro atoms. The molecule has 0 saturated heterocycles. The molecule has 0 heterocycles. The van der Waals surface area contributed by atoms with Gasteiger partial charge in [0.1, 0.15) is 17.5 Å². The van der Waals surface area contributed by atoms with E-state index in [4.69, 9.17) is 0 Å². The van der Waals surface area contributed by atoms with Crippen LogP contribution in [0.4, 0.5) is 26.3 Å². The molecule has 0 unspecified atom stereocenters. The summed E-state index contributed by atoms with van der Waals surface area (Å²) < 4.78 is 82.2. The highest BCUT2D eigenvalue weighted by Crippen LogP contribution is 2.33. The lowest BCUT2D eigenvalue weighted by Crippen LogP contribution is -1.97. The zero-order valence-electron chi connectivity index (χ0n) is 11.7. The minimum Gasteiger partial charge on any atom is -0.206 e. The van der Waals surface area contributed by atoms with Gasteiger partial charge in [0.25, 0.3) is 0 Å². The van der Waals surface area contributed by atoms with Crippen LogP contribution >= 0.6 is 0 Å². The zero-order chi connectivity index (χ0) is 16.9. The zero-order valence-corrected chi connectivity index (χ0v) is 11.7. The van der Waals surface area contributed by atoms with Crippen LogP contribution in [0.15, 0.2) is 30.3 Å². The van der Waals surface area contributed by atoms with Gasteiger partial charge in [0, 0.05) is 0 Å². The fraction of sp³-hybridized carbons (Fsp3) is 0.0588. The molecule has 0 amide bonds. The van der Waals surface area contributed by atoms with E-state index in [1.165, 1.54) is 6.92 Å². The number of halogens is 6. The first kappa shape index (κ1) is 15.4. The van der Waals surface area contributed by atoms with Crippen LogP contribution in [-0.4, -0.2) is 0 Å². The van der Waals surface area contributed by atoms with Gasteiger partial charge in [0.15, 0.2) is 17.5 Å². The van der Waals surface area contributed by atoms with Crippen LogP contribution in [0.3, 0.4) is 0 Å². The van der Waals surface area contributed by atoms with Crippen molar-refractivity contribution in [2.45, 2.75) is 6.92 Å². The molecular weight excluding hydrogens is 318 g/mol. The quantitative estimate of drug-likeness (QED) is 0.400. The Bertz CT molecular complexity index is 923. The van der Waals surface area contributed by atoms with E-state index in [1.54, 1.807) is 0 Å². The van der Waals surface area contributed by atoms with E-state index in [9.17, 15) is 26.3 Å². The van der Waals surface area contributed by atoms with Gasteiger partial charge in [0.05, 0.1) is 10.9 Å². The Morgan fingerprint density at radius 2 is 1.22 bits per heavy atom. The maximum Gasteiger partial charge on any atom is 0.195 e. The van der Waals surface area contributed by atoms with Crippen LogP contribution < -0.4 is 0 Å². The summed E-state index contributed by atoms with van der Waals surface area (Å²) in [4.78, 5) is 0. The van der Waals surface area contributed by atoms with Crippen LogP contribution in [0.1, 0.15) is 5.56 Å². The topological polar surface area (TPSA) is 0 Å². The molecule has 0 N–H and O–H groups in total. The maximum absolute atomic E-state index is 14.1. The first-order valence-electron chi connectivity index (χ1n) is 6.52. The molecule has 118 valence electrons. The molecule has 0 fully saturated rings. The van der Waals surface area contributed by atoms with Gasteiger partial charge < -0.3 is 0 Å². The van der Waals surface area contributed by atoms with E-state index in [0.29, 0.717) is 17.7 Å². The summed E-state index contributed by atoms with van der Waals surface area (Å²) in [5, 5.41) is -1.11. The molecule has 6 heteroatoms. The number of benzene rings is 3. The molecule has 3 rings (SSSR count). The van der Waals surface area contributed by atoms with Gasteiger partial charge in [-0.1, -0.05) is 0 Å². The highest BCUT2D eigenvalue weighted by molar-refractivity contribution is 5.88. The predicted molar refractivity (Wildman–Crippen MR) is 73.9 cm³/mol. The van der Waals surface area contributed by atoms with Gasteiger partial charge in [0.2, 0.25) is 0 Å². The maximum atomic E-state index is 14.1. The van der Waals surface area contributed by atoms with Crippen molar-refractivity contribution in [3.63, 3.8) is 0 Å². The summed E-state index contributed by atoms with van der Waals surface area (Å²) in [6.07, 6.45) is 0. The second kappa shape index (κ2) is 5.30. The smallest absolute Gasteiger partial charge is 0.195 e. The molecule has 0 radical (unpaired) electrons. The van der Waals surface area contributed by atoms with Crippen molar-refractivity contribution in [3.05, 3.63) is 70.8 Å². The average molecular weight is 326 g/mol. The lowest BCUT2D eigenvalue weighted by Gasteiger charge is -2.10.